The van der Waals surface area contributed by atoms with E-state index in [2.05, 4.69) is 20.2 Å². The fraction of sp³-hybridized carbons (Fsp3) is 0.0833. The van der Waals surface area contributed by atoms with Gasteiger partial charge in [-0.1, -0.05) is 17.2 Å². The van der Waals surface area contributed by atoms with Crippen LogP contribution in [0.2, 0.25) is 0 Å². The molecule has 0 fully saturated rings. The van der Waals surface area contributed by atoms with Crippen LogP contribution in [0.5, 0.6) is 0 Å². The standard InChI is InChI=1S/C12H9N5O4/c18-12(9-5-11(16-15-9)17(19)20)21-6-10-13-7-3-1-2-4-8(7)14-10/h1-5H,6H2,(H,13,14)(H,15,16). The number of aromatic nitrogens is 4. The quantitative estimate of drug-likeness (QED) is 0.426. The van der Waals surface area contributed by atoms with E-state index in [1.807, 2.05) is 24.3 Å². The number of para-hydroxylation sites is 2. The average molecular weight is 287 g/mol. The van der Waals surface area contributed by atoms with Crippen molar-refractivity contribution in [1.29, 1.82) is 0 Å². The highest BCUT2D eigenvalue weighted by atomic mass is 16.6. The van der Waals surface area contributed by atoms with Crippen LogP contribution in [-0.4, -0.2) is 31.1 Å². The van der Waals surface area contributed by atoms with Crippen LogP contribution in [0.3, 0.4) is 0 Å². The summed E-state index contributed by atoms with van der Waals surface area (Å²) >= 11 is 0. The minimum absolute atomic E-state index is 0.0752. The van der Waals surface area contributed by atoms with E-state index in [-0.39, 0.29) is 18.1 Å². The largest absolute Gasteiger partial charge is 0.453 e. The normalized spacial score (nSPS) is 10.7. The Morgan fingerprint density at radius 2 is 2.19 bits per heavy atom. The Bertz CT molecular complexity index is 789. The number of fused-ring (bicyclic) bond motifs is 1. The third-order valence-corrected chi connectivity index (χ3v) is 2.75. The van der Waals surface area contributed by atoms with Crippen molar-refractivity contribution in [3.63, 3.8) is 0 Å². The smallest absolute Gasteiger partial charge is 0.361 e. The summed E-state index contributed by atoms with van der Waals surface area (Å²) in [5.41, 5.74) is 1.44. The summed E-state index contributed by atoms with van der Waals surface area (Å²) in [5, 5.41) is 16.1. The van der Waals surface area contributed by atoms with Crippen LogP contribution in [0.25, 0.3) is 11.0 Å². The van der Waals surface area contributed by atoms with Crippen LogP contribution in [0, 0.1) is 10.1 Å². The van der Waals surface area contributed by atoms with E-state index >= 15 is 0 Å². The first kappa shape index (κ1) is 12.8. The molecular formula is C12H9N5O4. The van der Waals surface area contributed by atoms with E-state index in [1.165, 1.54) is 0 Å². The summed E-state index contributed by atoms with van der Waals surface area (Å²) < 4.78 is 5.00. The maximum atomic E-state index is 11.7. The fourth-order valence-corrected chi connectivity index (χ4v) is 1.79. The van der Waals surface area contributed by atoms with Gasteiger partial charge in [-0.15, -0.1) is 5.10 Å². The second kappa shape index (κ2) is 5.04. The van der Waals surface area contributed by atoms with Crippen LogP contribution >= 0.6 is 0 Å². The van der Waals surface area contributed by atoms with E-state index in [4.69, 9.17) is 4.74 Å². The first-order valence-electron chi connectivity index (χ1n) is 5.94. The molecule has 0 aliphatic carbocycles. The molecule has 106 valence electrons. The Morgan fingerprint density at radius 1 is 1.38 bits per heavy atom. The molecule has 0 aliphatic heterocycles. The number of benzene rings is 1. The molecule has 0 amide bonds. The highest BCUT2D eigenvalue weighted by Gasteiger charge is 2.18. The SMILES string of the molecule is O=C(OCc1nc2ccccc2[nH]1)c1cc([N+](=O)[O-])[nH]n1. The summed E-state index contributed by atoms with van der Waals surface area (Å²) in [6.45, 7) is -0.0752. The molecule has 0 saturated heterocycles. The van der Waals surface area contributed by atoms with Crippen LogP contribution in [0.15, 0.2) is 30.3 Å². The fourth-order valence-electron chi connectivity index (χ4n) is 1.79. The van der Waals surface area contributed by atoms with Crippen molar-refractivity contribution in [2.45, 2.75) is 6.61 Å². The Kier molecular flexibility index (Phi) is 3.07. The van der Waals surface area contributed by atoms with Crippen LogP contribution in [0.1, 0.15) is 16.3 Å². The summed E-state index contributed by atoms with van der Waals surface area (Å²) in [4.78, 5) is 28.7. The van der Waals surface area contributed by atoms with Crippen LogP contribution in [-0.2, 0) is 11.3 Å². The number of carbonyl (C=O) groups excluding carboxylic acids is 1. The molecule has 0 radical (unpaired) electrons. The second-order valence-electron chi connectivity index (χ2n) is 4.17. The van der Waals surface area contributed by atoms with Crippen LogP contribution < -0.4 is 0 Å². The number of esters is 1. The van der Waals surface area contributed by atoms with Gasteiger partial charge in [0.1, 0.15) is 12.4 Å². The van der Waals surface area contributed by atoms with Crippen molar-refractivity contribution >= 4 is 22.8 Å². The van der Waals surface area contributed by atoms with Gasteiger partial charge >= 0.3 is 11.8 Å². The zero-order valence-electron chi connectivity index (χ0n) is 10.6. The minimum Gasteiger partial charge on any atom is -0.453 e. The monoisotopic (exact) mass is 287 g/mol. The Labute approximate surface area is 117 Å². The lowest BCUT2D eigenvalue weighted by molar-refractivity contribution is -0.389. The maximum Gasteiger partial charge on any atom is 0.361 e. The molecule has 0 aliphatic rings. The number of nitrogens with one attached hydrogen (secondary N) is 2. The summed E-state index contributed by atoms with van der Waals surface area (Å²) in [6, 6.07) is 8.40. The molecule has 0 atom stereocenters. The van der Waals surface area contributed by atoms with Gasteiger partial charge in [0, 0.05) is 0 Å². The number of imidazole rings is 1. The Morgan fingerprint density at radius 3 is 2.90 bits per heavy atom. The van der Waals surface area contributed by atoms with Gasteiger partial charge < -0.3 is 19.8 Å². The lowest BCUT2D eigenvalue weighted by atomic mass is 10.3. The molecule has 9 heteroatoms. The number of nitro groups is 1. The number of hydrogen-bond acceptors (Lipinski definition) is 6. The van der Waals surface area contributed by atoms with Crippen molar-refractivity contribution in [3.8, 4) is 0 Å². The molecule has 0 unspecified atom stereocenters. The average Bonchev–Trinajstić information content (AvgIpc) is 3.11. The predicted octanol–water partition coefficient (Wildman–Crippen LogP) is 1.55. The predicted molar refractivity (Wildman–Crippen MR) is 70.5 cm³/mol. The molecular weight excluding hydrogens is 278 g/mol. The van der Waals surface area contributed by atoms with Gasteiger partial charge in [0.15, 0.2) is 5.69 Å². The topological polar surface area (TPSA) is 127 Å². The molecule has 0 spiro atoms. The Hall–Kier alpha value is -3.23. The van der Waals surface area contributed by atoms with E-state index < -0.39 is 10.9 Å². The van der Waals surface area contributed by atoms with Gasteiger partial charge in [-0.25, -0.2) is 9.78 Å². The van der Waals surface area contributed by atoms with Crippen molar-refractivity contribution in [2.24, 2.45) is 0 Å². The number of hydrogen-bond donors (Lipinski definition) is 2. The van der Waals surface area contributed by atoms with Gasteiger partial charge in [0.05, 0.1) is 17.1 Å². The van der Waals surface area contributed by atoms with Crippen molar-refractivity contribution in [2.75, 3.05) is 0 Å². The van der Waals surface area contributed by atoms with Crippen LogP contribution in [0.4, 0.5) is 5.82 Å². The minimum atomic E-state index is -0.764. The highest BCUT2D eigenvalue weighted by molar-refractivity contribution is 5.87. The number of ether oxygens (including phenoxy) is 1. The molecule has 9 nitrogen and oxygen atoms in total. The zero-order valence-corrected chi connectivity index (χ0v) is 10.6. The number of H-pyrrole nitrogens is 2. The molecule has 2 N–H and O–H groups in total. The highest BCUT2D eigenvalue weighted by Crippen LogP contribution is 2.12. The molecule has 3 aromatic rings. The molecule has 21 heavy (non-hydrogen) atoms. The van der Waals surface area contributed by atoms with Gasteiger partial charge in [-0.2, -0.15) is 0 Å². The first-order chi connectivity index (χ1) is 10.1. The third-order valence-electron chi connectivity index (χ3n) is 2.75. The second-order valence-corrected chi connectivity index (χ2v) is 4.17. The van der Waals surface area contributed by atoms with Gasteiger partial charge in [-0.05, 0) is 17.1 Å². The van der Waals surface area contributed by atoms with Gasteiger partial charge in [0.25, 0.3) is 0 Å². The number of aromatic amines is 2. The summed E-state index contributed by atoms with van der Waals surface area (Å²) in [5.74, 6) is -0.653. The van der Waals surface area contributed by atoms with E-state index in [0.29, 0.717) is 5.82 Å². The van der Waals surface area contributed by atoms with Crippen molar-refractivity contribution in [3.05, 3.63) is 52.0 Å². The third kappa shape index (κ3) is 2.56. The van der Waals surface area contributed by atoms with E-state index in [9.17, 15) is 14.9 Å². The number of nitrogens with zero attached hydrogens (tertiary/aromatic N) is 3. The lowest BCUT2D eigenvalue weighted by Gasteiger charge is -1.98. The molecule has 0 bridgehead atoms. The van der Waals surface area contributed by atoms with Gasteiger partial charge in [-0.3, -0.25) is 0 Å². The molecule has 0 saturated carbocycles. The molecule has 3 rings (SSSR count). The molecule has 2 heterocycles. The van der Waals surface area contributed by atoms with Crippen molar-refractivity contribution < 1.29 is 14.5 Å². The molecule has 1 aromatic carbocycles. The maximum absolute atomic E-state index is 11.7. The zero-order chi connectivity index (χ0) is 14.8. The van der Waals surface area contributed by atoms with E-state index in [0.717, 1.165) is 17.1 Å². The van der Waals surface area contributed by atoms with Crippen molar-refractivity contribution in [1.82, 2.24) is 20.2 Å². The summed E-state index contributed by atoms with van der Waals surface area (Å²) in [6.07, 6.45) is 0. The lowest BCUT2D eigenvalue weighted by Crippen LogP contribution is -2.06. The number of carbonyl (C=O) groups is 1. The van der Waals surface area contributed by atoms with Gasteiger partial charge in [0.2, 0.25) is 0 Å². The Balaban J connectivity index is 1.68. The first-order valence-corrected chi connectivity index (χ1v) is 5.94. The summed E-state index contributed by atoms with van der Waals surface area (Å²) in [7, 11) is 0. The molecule has 2 aromatic heterocycles. The van der Waals surface area contributed by atoms with E-state index in [1.54, 1.807) is 0 Å². The number of rotatable bonds is 4.